The van der Waals surface area contributed by atoms with Crippen LogP contribution in [0.3, 0.4) is 0 Å². The number of imide groups is 1. The normalized spacial score (nSPS) is 15.8. The number of nitrogens with zero attached hydrogens (tertiary/aromatic N) is 2. The van der Waals surface area contributed by atoms with Gasteiger partial charge in [0.15, 0.2) is 5.16 Å². The van der Waals surface area contributed by atoms with Gasteiger partial charge in [-0.05, 0) is 50.5 Å². The Kier molecular flexibility index (Phi) is 6.77. The fraction of sp³-hybridized carbons (Fsp3) is 0.619. The molecule has 0 radical (unpaired) electrons. The van der Waals surface area contributed by atoms with Gasteiger partial charge < -0.3 is 5.32 Å². The first-order valence-corrected chi connectivity index (χ1v) is 12.6. The van der Waals surface area contributed by atoms with Crippen LogP contribution >= 0.6 is 23.1 Å². The molecule has 2 heterocycles. The number of hydrogen-bond acceptors (Lipinski definition) is 6. The first-order chi connectivity index (χ1) is 14.6. The summed E-state index contributed by atoms with van der Waals surface area (Å²) in [6.07, 6.45) is 9.20. The second kappa shape index (κ2) is 9.51. The molecule has 0 aromatic carbocycles. The largest absolute Gasteiger partial charge is 0.335 e. The Bertz CT molecular complexity index is 1010. The Labute approximate surface area is 184 Å². The predicted molar refractivity (Wildman–Crippen MR) is 120 cm³/mol. The molecule has 0 bridgehead atoms. The third-order valence-corrected chi connectivity index (χ3v) is 7.69. The van der Waals surface area contributed by atoms with Crippen molar-refractivity contribution in [2.75, 3.05) is 5.75 Å². The Balaban J connectivity index is 1.55. The van der Waals surface area contributed by atoms with Crippen LogP contribution < -0.4 is 16.2 Å². The van der Waals surface area contributed by atoms with E-state index >= 15 is 0 Å². The molecule has 1 fully saturated rings. The van der Waals surface area contributed by atoms with Crippen LogP contribution in [-0.2, 0) is 24.2 Å². The number of carbonyl (C=O) groups excluding carboxylic acids is 2. The van der Waals surface area contributed by atoms with Crippen LogP contribution in [0.5, 0.6) is 0 Å². The Morgan fingerprint density at radius 3 is 2.80 bits per heavy atom. The fourth-order valence-electron chi connectivity index (χ4n) is 3.79. The minimum atomic E-state index is -0.447. The van der Waals surface area contributed by atoms with Crippen molar-refractivity contribution in [2.45, 2.75) is 82.5 Å². The van der Waals surface area contributed by atoms with Crippen LogP contribution in [0, 0.1) is 0 Å². The van der Waals surface area contributed by atoms with Crippen LogP contribution in [0.15, 0.2) is 9.95 Å². The van der Waals surface area contributed by atoms with E-state index in [-0.39, 0.29) is 23.3 Å². The first kappa shape index (κ1) is 21.4. The van der Waals surface area contributed by atoms with Gasteiger partial charge in [-0.2, -0.15) is 0 Å². The van der Waals surface area contributed by atoms with Crippen molar-refractivity contribution in [3.63, 3.8) is 0 Å². The van der Waals surface area contributed by atoms with Crippen molar-refractivity contribution in [1.29, 1.82) is 0 Å². The molecule has 0 aliphatic heterocycles. The van der Waals surface area contributed by atoms with E-state index < -0.39 is 6.03 Å². The number of amides is 3. The van der Waals surface area contributed by atoms with Crippen LogP contribution in [0.2, 0.25) is 0 Å². The highest BCUT2D eigenvalue weighted by Crippen LogP contribution is 2.34. The van der Waals surface area contributed by atoms with Crippen LogP contribution in [0.1, 0.15) is 62.3 Å². The van der Waals surface area contributed by atoms with Gasteiger partial charge in [-0.3, -0.25) is 19.5 Å². The van der Waals surface area contributed by atoms with Crippen LogP contribution in [-0.4, -0.2) is 33.3 Å². The lowest BCUT2D eigenvalue weighted by Crippen LogP contribution is -2.41. The van der Waals surface area contributed by atoms with E-state index in [0.29, 0.717) is 11.7 Å². The molecule has 162 valence electrons. The average molecular weight is 449 g/mol. The predicted octanol–water partition coefficient (Wildman–Crippen LogP) is 3.61. The summed E-state index contributed by atoms with van der Waals surface area (Å²) in [5, 5.41) is 6.45. The maximum atomic E-state index is 13.4. The number of thioether (sulfide) groups is 1. The molecule has 2 aromatic heterocycles. The zero-order chi connectivity index (χ0) is 21.1. The lowest BCUT2D eigenvalue weighted by atomic mass is 9.97. The minimum absolute atomic E-state index is 0.0184. The highest BCUT2D eigenvalue weighted by Gasteiger charge is 2.25. The number of unbranched alkanes of at least 4 members (excludes halogenated alkanes) is 2. The third-order valence-electron chi connectivity index (χ3n) is 5.52. The van der Waals surface area contributed by atoms with Crippen molar-refractivity contribution in [3.05, 3.63) is 20.8 Å². The highest BCUT2D eigenvalue weighted by molar-refractivity contribution is 7.99. The SMILES string of the molecule is CCCCCn1c(SCC(=O)NC(=O)NC2CC2)nc2sc3c(c2c1=O)CCCC3. The summed E-state index contributed by atoms with van der Waals surface area (Å²) in [6, 6.07) is -0.249. The lowest BCUT2D eigenvalue weighted by Gasteiger charge is -2.13. The molecule has 0 unspecified atom stereocenters. The molecular weight excluding hydrogens is 420 g/mol. The van der Waals surface area contributed by atoms with Gasteiger partial charge in [0.05, 0.1) is 11.1 Å². The molecule has 0 saturated heterocycles. The summed E-state index contributed by atoms with van der Waals surface area (Å²) >= 11 is 2.85. The molecular formula is C21H28N4O3S2. The summed E-state index contributed by atoms with van der Waals surface area (Å²) in [7, 11) is 0. The fourth-order valence-corrected chi connectivity index (χ4v) is 5.92. The van der Waals surface area contributed by atoms with Gasteiger partial charge in [-0.15, -0.1) is 11.3 Å². The molecule has 3 amide bonds. The van der Waals surface area contributed by atoms with E-state index in [4.69, 9.17) is 4.98 Å². The molecule has 2 aromatic rings. The van der Waals surface area contributed by atoms with E-state index in [0.717, 1.165) is 68.0 Å². The quantitative estimate of drug-likeness (QED) is 0.366. The maximum Gasteiger partial charge on any atom is 0.321 e. The van der Waals surface area contributed by atoms with E-state index in [9.17, 15) is 14.4 Å². The molecule has 2 N–H and O–H groups in total. The second-order valence-corrected chi connectivity index (χ2v) is 10.1. The van der Waals surface area contributed by atoms with Gasteiger partial charge in [0.1, 0.15) is 4.83 Å². The molecule has 1 saturated carbocycles. The number of aryl methyl sites for hydroxylation is 2. The van der Waals surface area contributed by atoms with Gasteiger partial charge >= 0.3 is 6.03 Å². The number of fused-ring (bicyclic) bond motifs is 3. The molecule has 2 aliphatic carbocycles. The van der Waals surface area contributed by atoms with E-state index in [1.54, 1.807) is 15.9 Å². The van der Waals surface area contributed by atoms with Gasteiger partial charge in [0.2, 0.25) is 5.91 Å². The van der Waals surface area contributed by atoms with E-state index in [1.807, 2.05) is 0 Å². The minimum Gasteiger partial charge on any atom is -0.335 e. The smallest absolute Gasteiger partial charge is 0.321 e. The van der Waals surface area contributed by atoms with Crippen molar-refractivity contribution in [1.82, 2.24) is 20.2 Å². The lowest BCUT2D eigenvalue weighted by molar-refractivity contribution is -0.117. The zero-order valence-electron chi connectivity index (χ0n) is 17.3. The zero-order valence-corrected chi connectivity index (χ0v) is 18.9. The van der Waals surface area contributed by atoms with Gasteiger partial charge in [-0.1, -0.05) is 31.5 Å². The maximum absolute atomic E-state index is 13.4. The van der Waals surface area contributed by atoms with E-state index in [2.05, 4.69) is 17.6 Å². The van der Waals surface area contributed by atoms with Gasteiger partial charge in [-0.25, -0.2) is 9.78 Å². The van der Waals surface area contributed by atoms with Crippen molar-refractivity contribution in [3.8, 4) is 0 Å². The van der Waals surface area contributed by atoms with Crippen molar-refractivity contribution < 1.29 is 9.59 Å². The van der Waals surface area contributed by atoms with Gasteiger partial charge in [0, 0.05) is 17.5 Å². The van der Waals surface area contributed by atoms with Crippen molar-refractivity contribution >= 4 is 45.3 Å². The summed E-state index contributed by atoms with van der Waals surface area (Å²) in [6.45, 7) is 2.73. The highest BCUT2D eigenvalue weighted by atomic mass is 32.2. The molecule has 0 atom stereocenters. The number of aromatic nitrogens is 2. The monoisotopic (exact) mass is 448 g/mol. The number of hydrogen-bond donors (Lipinski definition) is 2. The second-order valence-electron chi connectivity index (χ2n) is 8.03. The van der Waals surface area contributed by atoms with Gasteiger partial charge in [0.25, 0.3) is 5.56 Å². The standard InChI is InChI=1S/C21H28N4O3S2/c1-2-3-6-11-25-19(27)17-14-7-4-5-8-15(14)30-18(17)24-21(25)29-12-16(26)23-20(28)22-13-9-10-13/h13H,2-12H2,1H3,(H2,22,23,26,28). The Morgan fingerprint density at radius 1 is 1.23 bits per heavy atom. The summed E-state index contributed by atoms with van der Waals surface area (Å²) in [4.78, 5) is 44.2. The number of thiophene rings is 1. The Morgan fingerprint density at radius 2 is 2.03 bits per heavy atom. The first-order valence-electron chi connectivity index (χ1n) is 10.8. The topological polar surface area (TPSA) is 93.1 Å². The molecule has 4 rings (SSSR count). The van der Waals surface area contributed by atoms with Crippen LogP contribution in [0.25, 0.3) is 10.2 Å². The molecule has 30 heavy (non-hydrogen) atoms. The van der Waals surface area contributed by atoms with Crippen LogP contribution in [0.4, 0.5) is 4.79 Å². The van der Waals surface area contributed by atoms with E-state index in [1.165, 1.54) is 22.2 Å². The number of carbonyl (C=O) groups is 2. The molecule has 7 nitrogen and oxygen atoms in total. The molecule has 2 aliphatic rings. The summed E-state index contributed by atoms with van der Waals surface area (Å²) < 4.78 is 1.74. The average Bonchev–Trinajstić information content (AvgIpc) is 3.45. The number of rotatable bonds is 8. The molecule has 9 heteroatoms. The summed E-state index contributed by atoms with van der Waals surface area (Å²) in [5.74, 6) is -0.326. The Hall–Kier alpha value is -1.87. The third kappa shape index (κ3) is 4.88. The summed E-state index contributed by atoms with van der Waals surface area (Å²) in [5.41, 5.74) is 1.21. The molecule has 0 spiro atoms. The number of urea groups is 1. The van der Waals surface area contributed by atoms with Crippen molar-refractivity contribution in [2.24, 2.45) is 0 Å². The number of nitrogens with one attached hydrogen (secondary N) is 2.